The number of anilines is 1. The van der Waals surface area contributed by atoms with Gasteiger partial charge in [0.25, 0.3) is 5.91 Å². The summed E-state index contributed by atoms with van der Waals surface area (Å²) in [5, 5.41) is 11.8. The minimum atomic E-state index is -0.245. The second-order valence-corrected chi connectivity index (χ2v) is 9.97. The second-order valence-electron chi connectivity index (χ2n) is 9.97. The molecule has 10 nitrogen and oxygen atoms in total. The number of aryl methyl sites for hydroxylation is 1. The highest BCUT2D eigenvalue weighted by Gasteiger charge is 2.25. The summed E-state index contributed by atoms with van der Waals surface area (Å²) in [5.41, 5.74) is 7.13. The fraction of sp³-hybridized carbons (Fsp3) is 0.333. The lowest BCUT2D eigenvalue weighted by Gasteiger charge is -2.24. The Morgan fingerprint density at radius 3 is 2.77 bits per heavy atom. The maximum atomic E-state index is 13.2. The van der Waals surface area contributed by atoms with Gasteiger partial charge in [-0.25, -0.2) is 9.99 Å². The Labute approximate surface area is 233 Å². The predicted molar refractivity (Wildman–Crippen MR) is 153 cm³/mol. The molecule has 3 heterocycles. The first-order chi connectivity index (χ1) is 19.6. The number of hydrazine groups is 1. The molecule has 1 atom stereocenters. The van der Waals surface area contributed by atoms with Crippen LogP contribution in [0.2, 0.25) is 0 Å². The summed E-state index contributed by atoms with van der Waals surface area (Å²) in [6, 6.07) is 17.4. The molecule has 0 bridgehead atoms. The van der Waals surface area contributed by atoms with Crippen molar-refractivity contribution in [1.82, 2.24) is 30.2 Å². The topological polar surface area (TPSA) is 117 Å². The number of benzene rings is 2. The third-order valence-electron chi connectivity index (χ3n) is 7.06. The number of rotatable bonds is 12. The smallest absolute Gasteiger partial charge is 0.258 e. The van der Waals surface area contributed by atoms with Gasteiger partial charge in [-0.05, 0) is 61.9 Å². The summed E-state index contributed by atoms with van der Waals surface area (Å²) in [6.45, 7) is 1.48. The average molecular weight is 542 g/mol. The Bertz CT molecular complexity index is 1400. The SMILES string of the molecule is COC[C@H]1CCCN1NC(=O)CCCCc1cn(-c2ccccc2)c(NC(=O)c2cccc(-c3cn[nH]c3)c2)n1. The van der Waals surface area contributed by atoms with Crippen LogP contribution in [0.1, 0.15) is 48.2 Å². The maximum absolute atomic E-state index is 13.2. The van der Waals surface area contributed by atoms with E-state index < -0.39 is 0 Å². The number of hydrogen-bond acceptors (Lipinski definition) is 6. The molecule has 5 rings (SSSR count). The highest BCUT2D eigenvalue weighted by atomic mass is 16.5. The van der Waals surface area contributed by atoms with E-state index in [4.69, 9.17) is 9.72 Å². The minimum Gasteiger partial charge on any atom is -0.383 e. The summed E-state index contributed by atoms with van der Waals surface area (Å²) in [4.78, 5) is 30.5. The number of imidazole rings is 1. The van der Waals surface area contributed by atoms with Crippen molar-refractivity contribution in [1.29, 1.82) is 0 Å². The maximum Gasteiger partial charge on any atom is 0.258 e. The van der Waals surface area contributed by atoms with Crippen LogP contribution in [0.25, 0.3) is 16.8 Å². The van der Waals surface area contributed by atoms with Crippen molar-refractivity contribution >= 4 is 17.8 Å². The van der Waals surface area contributed by atoms with Crippen LogP contribution >= 0.6 is 0 Å². The van der Waals surface area contributed by atoms with Crippen molar-refractivity contribution < 1.29 is 14.3 Å². The van der Waals surface area contributed by atoms with Gasteiger partial charge in [0, 0.05) is 49.3 Å². The molecule has 0 radical (unpaired) electrons. The molecule has 0 spiro atoms. The zero-order valence-corrected chi connectivity index (χ0v) is 22.7. The standard InChI is InChI=1S/C30H35N7O3/c1-40-21-27-14-8-16-37(27)35-28(38)15-6-5-11-25-20-36(26-12-3-2-4-13-26)30(33-25)34-29(39)23-10-7-9-22(17-23)24-18-31-32-19-24/h2-4,7,9-10,12-13,17-20,27H,5-6,8,11,14-16,21H2,1H3,(H,31,32)(H,35,38)(H,33,34,39)/t27-/m1/s1. The Hall–Kier alpha value is -4.28. The van der Waals surface area contributed by atoms with Crippen molar-refractivity contribution in [2.75, 3.05) is 25.6 Å². The van der Waals surface area contributed by atoms with Gasteiger partial charge >= 0.3 is 0 Å². The van der Waals surface area contributed by atoms with Gasteiger partial charge in [-0.2, -0.15) is 5.10 Å². The van der Waals surface area contributed by atoms with Gasteiger partial charge in [-0.3, -0.25) is 30.0 Å². The number of H-pyrrole nitrogens is 1. The van der Waals surface area contributed by atoms with Crippen molar-refractivity contribution in [3.05, 3.63) is 84.4 Å². The summed E-state index contributed by atoms with van der Waals surface area (Å²) in [7, 11) is 1.69. The lowest BCUT2D eigenvalue weighted by molar-refractivity contribution is -0.126. The van der Waals surface area contributed by atoms with Crippen LogP contribution in [0.15, 0.2) is 73.2 Å². The first-order valence-corrected chi connectivity index (χ1v) is 13.7. The van der Waals surface area contributed by atoms with E-state index in [0.717, 1.165) is 54.7 Å². The number of unbranched alkanes of at least 4 members (excludes halogenated alkanes) is 1. The van der Waals surface area contributed by atoms with E-state index in [1.807, 2.05) is 64.3 Å². The Kier molecular flexibility index (Phi) is 9.00. The van der Waals surface area contributed by atoms with Crippen LogP contribution in [0.4, 0.5) is 5.95 Å². The normalized spacial score (nSPS) is 15.3. The fourth-order valence-corrected chi connectivity index (χ4v) is 5.00. The lowest BCUT2D eigenvalue weighted by Crippen LogP contribution is -2.46. The highest BCUT2D eigenvalue weighted by molar-refractivity contribution is 6.04. The number of nitrogens with one attached hydrogen (secondary N) is 3. The largest absolute Gasteiger partial charge is 0.383 e. The predicted octanol–water partition coefficient (Wildman–Crippen LogP) is 4.37. The van der Waals surface area contributed by atoms with Gasteiger partial charge < -0.3 is 4.74 Å². The Balaban J connectivity index is 1.21. The quantitative estimate of drug-likeness (QED) is 0.229. The van der Waals surface area contributed by atoms with Crippen LogP contribution in [-0.2, 0) is 16.0 Å². The van der Waals surface area contributed by atoms with Gasteiger partial charge in [0.15, 0.2) is 0 Å². The summed E-state index contributed by atoms with van der Waals surface area (Å²) in [6.07, 6.45) is 10.3. The van der Waals surface area contributed by atoms with E-state index in [1.54, 1.807) is 25.6 Å². The van der Waals surface area contributed by atoms with Crippen LogP contribution in [0.5, 0.6) is 0 Å². The number of nitrogens with zero attached hydrogens (tertiary/aromatic N) is 4. The van der Waals surface area contributed by atoms with E-state index in [-0.39, 0.29) is 17.9 Å². The molecule has 4 aromatic rings. The zero-order valence-electron chi connectivity index (χ0n) is 22.7. The highest BCUT2D eigenvalue weighted by Crippen LogP contribution is 2.22. The molecule has 2 aromatic carbocycles. The molecular weight excluding hydrogens is 506 g/mol. The zero-order chi connectivity index (χ0) is 27.7. The molecule has 208 valence electrons. The van der Waals surface area contributed by atoms with E-state index in [9.17, 15) is 9.59 Å². The van der Waals surface area contributed by atoms with E-state index in [1.165, 1.54) is 0 Å². The van der Waals surface area contributed by atoms with Crippen molar-refractivity contribution in [3.8, 4) is 16.8 Å². The molecule has 1 fully saturated rings. The summed E-state index contributed by atoms with van der Waals surface area (Å²) in [5.74, 6) is 0.240. The van der Waals surface area contributed by atoms with Crippen LogP contribution in [-0.4, -0.2) is 62.9 Å². The first-order valence-electron chi connectivity index (χ1n) is 13.7. The molecule has 0 aliphatic carbocycles. The van der Waals surface area contributed by atoms with E-state index in [2.05, 4.69) is 20.9 Å². The molecular formula is C30H35N7O3. The van der Waals surface area contributed by atoms with Crippen LogP contribution in [0.3, 0.4) is 0 Å². The molecule has 0 saturated carbocycles. The number of methoxy groups -OCH3 is 1. The molecule has 1 aliphatic heterocycles. The van der Waals surface area contributed by atoms with E-state index in [0.29, 0.717) is 31.0 Å². The van der Waals surface area contributed by atoms with Crippen molar-refractivity contribution in [2.45, 2.75) is 44.6 Å². The van der Waals surface area contributed by atoms with Gasteiger partial charge in [-0.1, -0.05) is 30.3 Å². The number of aromatic nitrogens is 4. The van der Waals surface area contributed by atoms with Crippen molar-refractivity contribution in [2.24, 2.45) is 0 Å². The van der Waals surface area contributed by atoms with Gasteiger partial charge in [-0.15, -0.1) is 0 Å². The molecule has 1 aliphatic rings. The van der Waals surface area contributed by atoms with Gasteiger partial charge in [0.2, 0.25) is 11.9 Å². The number of carbonyl (C=O) groups excluding carboxylic acids is 2. The third-order valence-corrected chi connectivity index (χ3v) is 7.06. The molecule has 2 aromatic heterocycles. The fourth-order valence-electron chi connectivity index (χ4n) is 5.00. The monoisotopic (exact) mass is 541 g/mol. The number of hydrogen-bond donors (Lipinski definition) is 3. The number of para-hydroxylation sites is 1. The number of aromatic amines is 1. The molecule has 3 N–H and O–H groups in total. The first kappa shape index (κ1) is 27.3. The average Bonchev–Trinajstić information content (AvgIpc) is 3.74. The summed E-state index contributed by atoms with van der Waals surface area (Å²) < 4.78 is 7.16. The number of carbonyl (C=O) groups is 2. The molecule has 1 saturated heterocycles. The molecule has 40 heavy (non-hydrogen) atoms. The van der Waals surface area contributed by atoms with Crippen LogP contribution < -0.4 is 10.7 Å². The van der Waals surface area contributed by atoms with Gasteiger partial charge in [0.05, 0.1) is 24.5 Å². The van der Waals surface area contributed by atoms with Crippen molar-refractivity contribution in [3.63, 3.8) is 0 Å². The van der Waals surface area contributed by atoms with Crippen LogP contribution in [0, 0.1) is 0 Å². The van der Waals surface area contributed by atoms with E-state index >= 15 is 0 Å². The minimum absolute atomic E-state index is 0.0309. The molecule has 2 amide bonds. The van der Waals surface area contributed by atoms with Gasteiger partial charge in [0.1, 0.15) is 0 Å². The Morgan fingerprint density at radius 1 is 1.10 bits per heavy atom. The lowest BCUT2D eigenvalue weighted by atomic mass is 10.1. The summed E-state index contributed by atoms with van der Waals surface area (Å²) >= 11 is 0. The Morgan fingerprint density at radius 2 is 1.98 bits per heavy atom. The molecule has 0 unspecified atom stereocenters. The third kappa shape index (κ3) is 6.83. The second kappa shape index (κ2) is 13.2. The number of ether oxygens (including phenoxy) is 1. The number of amides is 2. The molecule has 10 heteroatoms.